The Balaban J connectivity index is 0.00000112. The van der Waals surface area contributed by atoms with Crippen molar-refractivity contribution in [1.82, 2.24) is 5.32 Å². The Kier molecular flexibility index (Phi) is 3.34. The minimum atomic E-state index is -1.16. The van der Waals surface area contributed by atoms with E-state index in [4.69, 9.17) is 0 Å². The van der Waals surface area contributed by atoms with Gasteiger partial charge in [-0.15, -0.1) is 12.4 Å². The fraction of sp³-hybridized carbons (Fsp3) is 0.300. The van der Waals surface area contributed by atoms with Crippen LogP contribution in [0.5, 0.6) is 5.75 Å². The van der Waals surface area contributed by atoms with Crippen molar-refractivity contribution in [2.75, 3.05) is 6.54 Å². The van der Waals surface area contributed by atoms with Crippen LogP contribution in [0, 0.1) is 0 Å². The third-order valence-electron chi connectivity index (χ3n) is 2.51. The summed E-state index contributed by atoms with van der Waals surface area (Å²) in [5.41, 5.74) is -0.350. The van der Waals surface area contributed by atoms with Crippen LogP contribution in [0.4, 0.5) is 0 Å². The van der Waals surface area contributed by atoms with E-state index in [1.54, 1.807) is 0 Å². The van der Waals surface area contributed by atoms with Crippen LogP contribution >= 0.6 is 12.4 Å². The average molecular weight is 230 g/mol. The van der Waals surface area contributed by atoms with E-state index in [1.807, 2.05) is 0 Å². The van der Waals surface area contributed by atoms with Gasteiger partial charge < -0.3 is 10.2 Å². The lowest BCUT2D eigenvalue weighted by Gasteiger charge is -2.38. The van der Waals surface area contributed by atoms with Crippen LogP contribution in [0.25, 0.3) is 0 Å². The summed E-state index contributed by atoms with van der Waals surface area (Å²) in [7, 11) is 0. The molecule has 0 spiro atoms. The lowest BCUT2D eigenvalue weighted by atomic mass is 9.91. The highest BCUT2D eigenvalue weighted by molar-refractivity contribution is 5.85. The summed E-state index contributed by atoms with van der Waals surface area (Å²) in [6, 6.07) is 4.42. The number of hydrogen-bond acceptors (Lipinski definition) is 4. The second-order valence-corrected chi connectivity index (χ2v) is 3.43. The number of benzene rings is 1. The summed E-state index contributed by atoms with van der Waals surface area (Å²) in [4.78, 5) is 10.5. The number of nitrogens with one attached hydrogen (secondary N) is 1. The summed E-state index contributed by atoms with van der Waals surface area (Å²) in [5.74, 6) is 0.00491. The summed E-state index contributed by atoms with van der Waals surface area (Å²) < 4.78 is 0. The van der Waals surface area contributed by atoms with Gasteiger partial charge in [0.1, 0.15) is 17.8 Å². The third kappa shape index (κ3) is 1.97. The zero-order valence-electron chi connectivity index (χ0n) is 7.93. The van der Waals surface area contributed by atoms with Gasteiger partial charge in [0.2, 0.25) is 0 Å². The number of carbonyl (C=O) groups is 1. The summed E-state index contributed by atoms with van der Waals surface area (Å²) >= 11 is 0. The van der Waals surface area contributed by atoms with Gasteiger partial charge in [-0.3, -0.25) is 10.1 Å². The third-order valence-corrected chi connectivity index (χ3v) is 2.51. The van der Waals surface area contributed by atoms with Crippen molar-refractivity contribution in [3.8, 4) is 5.75 Å². The SMILES string of the molecule is Cl.O=Cc1ccc(O)c([C@@]2(O)CCN2)c1. The zero-order chi connectivity index (χ0) is 10.2. The van der Waals surface area contributed by atoms with Gasteiger partial charge in [0, 0.05) is 24.1 Å². The topological polar surface area (TPSA) is 69.6 Å². The molecular formula is C10H12ClNO3. The van der Waals surface area contributed by atoms with Gasteiger partial charge in [0.25, 0.3) is 0 Å². The van der Waals surface area contributed by atoms with Crippen molar-refractivity contribution in [1.29, 1.82) is 0 Å². The van der Waals surface area contributed by atoms with E-state index in [9.17, 15) is 15.0 Å². The lowest BCUT2D eigenvalue weighted by Crippen LogP contribution is -2.54. The first-order chi connectivity index (χ1) is 6.65. The Morgan fingerprint density at radius 2 is 2.13 bits per heavy atom. The van der Waals surface area contributed by atoms with Gasteiger partial charge >= 0.3 is 0 Å². The molecule has 1 heterocycles. The maximum atomic E-state index is 10.5. The van der Waals surface area contributed by atoms with Crippen molar-refractivity contribution in [3.63, 3.8) is 0 Å². The molecule has 1 aliphatic heterocycles. The van der Waals surface area contributed by atoms with Crippen LogP contribution in [0.2, 0.25) is 0 Å². The second kappa shape index (κ2) is 4.18. The van der Waals surface area contributed by atoms with Crippen molar-refractivity contribution in [3.05, 3.63) is 29.3 Å². The van der Waals surface area contributed by atoms with Crippen LogP contribution in [0.3, 0.4) is 0 Å². The van der Waals surface area contributed by atoms with Crippen molar-refractivity contribution in [2.24, 2.45) is 0 Å². The van der Waals surface area contributed by atoms with E-state index in [-0.39, 0.29) is 18.2 Å². The number of aliphatic hydroxyl groups is 1. The maximum Gasteiger partial charge on any atom is 0.150 e. The molecule has 82 valence electrons. The molecule has 1 aromatic carbocycles. The smallest absolute Gasteiger partial charge is 0.150 e. The van der Waals surface area contributed by atoms with Crippen LogP contribution in [0.1, 0.15) is 22.3 Å². The number of aromatic hydroxyl groups is 1. The zero-order valence-corrected chi connectivity index (χ0v) is 8.75. The average Bonchev–Trinajstić information content (AvgIpc) is 2.15. The van der Waals surface area contributed by atoms with Crippen LogP contribution < -0.4 is 5.32 Å². The Morgan fingerprint density at radius 1 is 1.47 bits per heavy atom. The molecule has 2 rings (SSSR count). The van der Waals surface area contributed by atoms with Gasteiger partial charge in [0.05, 0.1) is 0 Å². The molecular weight excluding hydrogens is 218 g/mol. The summed E-state index contributed by atoms with van der Waals surface area (Å²) in [5, 5.41) is 22.2. The van der Waals surface area contributed by atoms with Crippen LogP contribution in [-0.2, 0) is 5.72 Å². The molecule has 0 unspecified atom stereocenters. The number of carbonyl (C=O) groups excluding carboxylic acids is 1. The molecule has 1 saturated heterocycles. The van der Waals surface area contributed by atoms with Gasteiger partial charge in [-0.25, -0.2) is 0 Å². The highest BCUT2D eigenvalue weighted by Crippen LogP contribution is 2.34. The van der Waals surface area contributed by atoms with Gasteiger partial charge in [0.15, 0.2) is 0 Å². The molecule has 5 heteroatoms. The highest BCUT2D eigenvalue weighted by atomic mass is 35.5. The standard InChI is InChI=1S/C10H11NO3.ClH/c12-6-7-1-2-9(13)8(5-7)10(14)3-4-11-10;/h1-2,5-6,11,13-14H,3-4H2;1H/t10-;/m0./s1. The number of halogens is 1. The molecule has 0 saturated carbocycles. The van der Waals surface area contributed by atoms with Crippen molar-refractivity contribution >= 4 is 18.7 Å². The molecule has 1 fully saturated rings. The predicted octanol–water partition coefficient (Wildman–Crippen LogP) is 0.765. The molecule has 1 aromatic rings. The largest absolute Gasteiger partial charge is 0.508 e. The quantitative estimate of drug-likeness (QED) is 0.655. The first-order valence-electron chi connectivity index (χ1n) is 4.42. The molecule has 0 aromatic heterocycles. The normalized spacial score (nSPS) is 23.8. The van der Waals surface area contributed by atoms with Crippen molar-refractivity contribution < 1.29 is 15.0 Å². The van der Waals surface area contributed by atoms with Gasteiger partial charge in [-0.1, -0.05) is 0 Å². The predicted molar refractivity (Wildman–Crippen MR) is 57.3 cm³/mol. The van der Waals surface area contributed by atoms with E-state index < -0.39 is 5.72 Å². The Hall–Kier alpha value is -1.10. The number of hydrogen-bond donors (Lipinski definition) is 3. The highest BCUT2D eigenvalue weighted by Gasteiger charge is 2.37. The van der Waals surface area contributed by atoms with Crippen LogP contribution in [-0.4, -0.2) is 23.0 Å². The molecule has 4 nitrogen and oxygen atoms in total. The van der Waals surface area contributed by atoms with Crippen molar-refractivity contribution in [2.45, 2.75) is 12.1 Å². The Bertz CT molecular complexity index is 377. The molecule has 0 radical (unpaired) electrons. The van der Waals surface area contributed by atoms with Crippen LogP contribution in [0.15, 0.2) is 18.2 Å². The fourth-order valence-electron chi connectivity index (χ4n) is 1.55. The first kappa shape index (κ1) is 12.0. The van der Waals surface area contributed by atoms with E-state index in [0.717, 1.165) is 0 Å². The van der Waals surface area contributed by atoms with Gasteiger partial charge in [-0.2, -0.15) is 0 Å². The monoisotopic (exact) mass is 229 g/mol. The molecule has 1 aliphatic rings. The summed E-state index contributed by atoms with van der Waals surface area (Å²) in [6.07, 6.45) is 1.23. The summed E-state index contributed by atoms with van der Waals surface area (Å²) in [6.45, 7) is 0.710. The minimum Gasteiger partial charge on any atom is -0.508 e. The molecule has 0 bridgehead atoms. The number of aldehydes is 1. The van der Waals surface area contributed by atoms with E-state index in [2.05, 4.69) is 5.32 Å². The molecule has 3 N–H and O–H groups in total. The minimum absolute atomic E-state index is 0. The molecule has 0 amide bonds. The second-order valence-electron chi connectivity index (χ2n) is 3.43. The Labute approximate surface area is 93.3 Å². The van der Waals surface area contributed by atoms with E-state index in [1.165, 1.54) is 18.2 Å². The number of phenols is 1. The van der Waals surface area contributed by atoms with Gasteiger partial charge in [-0.05, 0) is 18.2 Å². The number of phenolic OH excluding ortho intramolecular Hbond substituents is 1. The molecule has 1 atom stereocenters. The maximum absolute atomic E-state index is 10.5. The number of rotatable bonds is 2. The Morgan fingerprint density at radius 3 is 2.60 bits per heavy atom. The first-order valence-corrected chi connectivity index (χ1v) is 4.42. The van der Waals surface area contributed by atoms with E-state index in [0.29, 0.717) is 30.4 Å². The molecule has 15 heavy (non-hydrogen) atoms. The molecule has 0 aliphatic carbocycles. The van der Waals surface area contributed by atoms with E-state index >= 15 is 0 Å². The fourth-order valence-corrected chi connectivity index (χ4v) is 1.55. The lowest BCUT2D eigenvalue weighted by molar-refractivity contribution is -0.0622.